The van der Waals surface area contributed by atoms with Gasteiger partial charge in [0.15, 0.2) is 0 Å². The molecule has 3 nitrogen and oxygen atoms in total. The van der Waals surface area contributed by atoms with Crippen molar-refractivity contribution in [2.24, 2.45) is 5.92 Å². The minimum atomic E-state index is 0.370. The summed E-state index contributed by atoms with van der Waals surface area (Å²) in [6.45, 7) is 0.731. The molecule has 1 aliphatic rings. The molecule has 0 aliphatic heterocycles. The van der Waals surface area contributed by atoms with Gasteiger partial charge in [0, 0.05) is 24.4 Å². The van der Waals surface area contributed by atoms with Crippen LogP contribution in [0.2, 0.25) is 5.02 Å². The maximum absolute atomic E-state index is 6.19. The number of aromatic nitrogens is 1. The largest absolute Gasteiger partial charge is 0.383 e. The van der Waals surface area contributed by atoms with E-state index in [0.29, 0.717) is 11.1 Å². The number of fused-ring (bicyclic) bond motifs is 1. The zero-order valence-electron chi connectivity index (χ0n) is 10.9. The van der Waals surface area contributed by atoms with Crippen LogP contribution in [0.4, 0.5) is 5.69 Å². The Balaban J connectivity index is 1.93. The van der Waals surface area contributed by atoms with Gasteiger partial charge in [-0.1, -0.05) is 11.6 Å². The van der Waals surface area contributed by atoms with E-state index in [1.165, 1.54) is 12.8 Å². The number of benzene rings is 1. The van der Waals surface area contributed by atoms with Crippen LogP contribution >= 0.6 is 11.6 Å². The number of anilines is 1. The van der Waals surface area contributed by atoms with Gasteiger partial charge in [0.2, 0.25) is 0 Å². The second-order valence-electron chi connectivity index (χ2n) is 5.04. The molecule has 1 unspecified atom stereocenters. The quantitative estimate of drug-likeness (QED) is 0.904. The fourth-order valence-corrected chi connectivity index (χ4v) is 2.65. The Morgan fingerprint density at radius 3 is 3.00 bits per heavy atom. The smallest absolute Gasteiger partial charge is 0.0908 e. The van der Waals surface area contributed by atoms with Gasteiger partial charge in [-0.05, 0) is 43.0 Å². The van der Waals surface area contributed by atoms with Gasteiger partial charge in [0.1, 0.15) is 0 Å². The van der Waals surface area contributed by atoms with Crippen molar-refractivity contribution in [2.45, 2.75) is 18.9 Å². The molecule has 19 heavy (non-hydrogen) atoms. The third-order valence-electron chi connectivity index (χ3n) is 3.60. The third-order valence-corrected chi connectivity index (χ3v) is 3.90. The van der Waals surface area contributed by atoms with Crippen LogP contribution in [-0.4, -0.2) is 24.7 Å². The number of pyridine rings is 1. The van der Waals surface area contributed by atoms with E-state index in [2.05, 4.69) is 10.3 Å². The van der Waals surface area contributed by atoms with E-state index in [1.54, 1.807) is 13.3 Å². The van der Waals surface area contributed by atoms with Crippen molar-refractivity contribution in [3.63, 3.8) is 0 Å². The average Bonchev–Trinajstić information content (AvgIpc) is 3.26. The minimum absolute atomic E-state index is 0.370. The van der Waals surface area contributed by atoms with Crippen molar-refractivity contribution < 1.29 is 4.74 Å². The van der Waals surface area contributed by atoms with Gasteiger partial charge < -0.3 is 10.1 Å². The molecule has 1 aromatic heterocycles. The van der Waals surface area contributed by atoms with Crippen LogP contribution in [-0.2, 0) is 4.74 Å². The summed E-state index contributed by atoms with van der Waals surface area (Å²) < 4.78 is 5.31. The van der Waals surface area contributed by atoms with Crippen LogP contribution in [0.15, 0.2) is 30.5 Å². The van der Waals surface area contributed by atoms with Crippen LogP contribution in [0.3, 0.4) is 0 Å². The van der Waals surface area contributed by atoms with Crippen molar-refractivity contribution in [1.29, 1.82) is 0 Å². The maximum Gasteiger partial charge on any atom is 0.0908 e. The standard InChI is InChI=1S/C15H17ClN2O/c1-19-9-14(10-4-5-10)18-13-7-6-12(16)15-11(13)3-2-8-17-15/h2-3,6-8,10,14,18H,4-5,9H2,1H3. The fraction of sp³-hybridized carbons (Fsp3) is 0.400. The second kappa shape index (κ2) is 5.35. The molecule has 0 bridgehead atoms. The molecule has 1 heterocycles. The highest BCUT2D eigenvalue weighted by molar-refractivity contribution is 6.35. The van der Waals surface area contributed by atoms with E-state index >= 15 is 0 Å². The maximum atomic E-state index is 6.19. The van der Waals surface area contributed by atoms with Crippen LogP contribution in [0.25, 0.3) is 10.9 Å². The molecule has 1 N–H and O–H groups in total. The number of nitrogens with zero attached hydrogens (tertiary/aromatic N) is 1. The molecule has 0 amide bonds. The third kappa shape index (κ3) is 2.67. The predicted molar refractivity (Wildman–Crippen MR) is 78.8 cm³/mol. The van der Waals surface area contributed by atoms with Gasteiger partial charge in [-0.2, -0.15) is 0 Å². The topological polar surface area (TPSA) is 34.1 Å². The summed E-state index contributed by atoms with van der Waals surface area (Å²) in [7, 11) is 1.75. The lowest BCUT2D eigenvalue weighted by atomic mass is 10.1. The van der Waals surface area contributed by atoms with E-state index < -0.39 is 0 Å². The van der Waals surface area contributed by atoms with Crippen molar-refractivity contribution in [1.82, 2.24) is 4.98 Å². The van der Waals surface area contributed by atoms with Crippen molar-refractivity contribution >= 4 is 28.2 Å². The summed E-state index contributed by atoms with van der Waals surface area (Å²) in [5.74, 6) is 0.724. The molecule has 0 spiro atoms. The molecule has 0 saturated heterocycles. The Hall–Kier alpha value is -1.32. The first kappa shape index (κ1) is 12.7. The molecule has 2 aromatic rings. The number of hydrogen-bond donors (Lipinski definition) is 1. The lowest BCUT2D eigenvalue weighted by Crippen LogP contribution is -2.27. The predicted octanol–water partition coefficient (Wildman–Crippen LogP) is 3.73. The van der Waals surface area contributed by atoms with Crippen LogP contribution in [0.5, 0.6) is 0 Å². The highest BCUT2D eigenvalue weighted by Gasteiger charge is 2.31. The first-order valence-electron chi connectivity index (χ1n) is 6.58. The summed E-state index contributed by atoms with van der Waals surface area (Å²) >= 11 is 6.19. The number of hydrogen-bond acceptors (Lipinski definition) is 3. The Bertz CT molecular complexity index is 583. The van der Waals surface area contributed by atoms with Crippen molar-refractivity contribution in [2.75, 3.05) is 19.0 Å². The Labute approximate surface area is 117 Å². The van der Waals surface area contributed by atoms with Crippen LogP contribution in [0.1, 0.15) is 12.8 Å². The van der Waals surface area contributed by atoms with Gasteiger partial charge in [-0.3, -0.25) is 4.98 Å². The number of halogens is 1. The molecule has 1 atom stereocenters. The summed E-state index contributed by atoms with van der Waals surface area (Å²) in [5.41, 5.74) is 1.93. The van der Waals surface area contributed by atoms with Crippen molar-refractivity contribution in [3.8, 4) is 0 Å². The van der Waals surface area contributed by atoms with Gasteiger partial charge in [0.25, 0.3) is 0 Å². The Morgan fingerprint density at radius 1 is 1.42 bits per heavy atom. The van der Waals surface area contributed by atoms with Gasteiger partial charge >= 0.3 is 0 Å². The molecular weight excluding hydrogens is 260 g/mol. The Morgan fingerprint density at radius 2 is 2.26 bits per heavy atom. The summed E-state index contributed by atoms with van der Waals surface area (Å²) in [6, 6.07) is 8.28. The SMILES string of the molecule is COCC(Nc1ccc(Cl)c2ncccc12)C1CC1. The van der Waals surface area contributed by atoms with Crippen molar-refractivity contribution in [3.05, 3.63) is 35.5 Å². The van der Waals surface area contributed by atoms with Crippen LogP contribution < -0.4 is 5.32 Å². The highest BCUT2D eigenvalue weighted by atomic mass is 35.5. The van der Waals surface area contributed by atoms with E-state index in [0.717, 1.165) is 29.1 Å². The van der Waals surface area contributed by atoms with Gasteiger partial charge in [-0.25, -0.2) is 0 Å². The van der Waals surface area contributed by atoms with E-state index in [4.69, 9.17) is 16.3 Å². The molecular formula is C15H17ClN2O. The van der Waals surface area contributed by atoms with E-state index in [9.17, 15) is 0 Å². The Kier molecular flexibility index (Phi) is 3.58. The number of methoxy groups -OCH3 is 1. The van der Waals surface area contributed by atoms with E-state index in [1.807, 2.05) is 24.3 Å². The molecule has 1 aliphatic carbocycles. The average molecular weight is 277 g/mol. The number of rotatable bonds is 5. The summed E-state index contributed by atoms with van der Waals surface area (Å²) in [4.78, 5) is 4.35. The molecule has 1 saturated carbocycles. The lowest BCUT2D eigenvalue weighted by Gasteiger charge is -2.20. The molecule has 1 aromatic carbocycles. The number of nitrogens with one attached hydrogen (secondary N) is 1. The first-order valence-corrected chi connectivity index (χ1v) is 6.96. The summed E-state index contributed by atoms with van der Waals surface area (Å²) in [5, 5.41) is 5.35. The first-order chi connectivity index (χ1) is 9.29. The zero-order valence-corrected chi connectivity index (χ0v) is 11.7. The number of ether oxygens (including phenoxy) is 1. The lowest BCUT2D eigenvalue weighted by molar-refractivity contribution is 0.179. The van der Waals surface area contributed by atoms with E-state index in [-0.39, 0.29) is 0 Å². The molecule has 4 heteroatoms. The zero-order chi connectivity index (χ0) is 13.2. The molecule has 100 valence electrons. The van der Waals surface area contributed by atoms with Gasteiger partial charge in [0.05, 0.1) is 23.2 Å². The monoisotopic (exact) mass is 276 g/mol. The minimum Gasteiger partial charge on any atom is -0.383 e. The van der Waals surface area contributed by atoms with Gasteiger partial charge in [-0.15, -0.1) is 0 Å². The summed E-state index contributed by atoms with van der Waals surface area (Å²) in [6.07, 6.45) is 4.33. The highest BCUT2D eigenvalue weighted by Crippen LogP contribution is 2.36. The molecule has 3 rings (SSSR count). The molecule has 0 radical (unpaired) electrons. The molecule has 1 fully saturated rings. The normalized spacial score (nSPS) is 16.5. The van der Waals surface area contributed by atoms with Crippen LogP contribution in [0, 0.1) is 5.92 Å². The second-order valence-corrected chi connectivity index (χ2v) is 5.45. The fourth-order valence-electron chi connectivity index (χ4n) is 2.44.